The Morgan fingerprint density at radius 1 is 0.921 bits per heavy atom. The van der Waals surface area contributed by atoms with Gasteiger partial charge in [0, 0.05) is 16.8 Å². The maximum Gasteiger partial charge on any atom is 0.335 e. The van der Waals surface area contributed by atoms with E-state index >= 15 is 0 Å². The van der Waals surface area contributed by atoms with E-state index in [4.69, 9.17) is 0 Å². The standard InChI is InChI=1S/C31H27N3O4/c1-4-20-12-14-25-27(16-20)34(23-13-11-18(2)19(3)15-23)30(36)28(25)33-32-26-10-6-9-24(29(26)35)21-7-5-8-22(17-21)31(37)38/h5-17,32,35H,4H2,1-3H3,(H,37,38)/b33-28-. The molecule has 38 heavy (non-hydrogen) atoms. The second-order valence-corrected chi connectivity index (χ2v) is 9.27. The summed E-state index contributed by atoms with van der Waals surface area (Å²) in [5.41, 5.74) is 10.1. The largest absolute Gasteiger partial charge is 0.505 e. The van der Waals surface area contributed by atoms with Gasteiger partial charge in [0.15, 0.2) is 5.71 Å². The number of para-hydroxylation sites is 1. The van der Waals surface area contributed by atoms with Crippen LogP contribution in [0.3, 0.4) is 0 Å². The number of hydrazone groups is 1. The highest BCUT2D eigenvalue weighted by atomic mass is 16.4. The van der Waals surface area contributed by atoms with Crippen molar-refractivity contribution >= 4 is 34.7 Å². The lowest BCUT2D eigenvalue weighted by atomic mass is 10.0. The van der Waals surface area contributed by atoms with E-state index < -0.39 is 5.97 Å². The first-order valence-corrected chi connectivity index (χ1v) is 12.3. The number of amides is 1. The molecule has 4 aromatic rings. The number of aromatic hydroxyl groups is 1. The molecule has 3 N–H and O–H groups in total. The number of hydrogen-bond acceptors (Lipinski definition) is 5. The number of hydrogen-bond donors (Lipinski definition) is 3. The number of benzene rings is 4. The zero-order chi connectivity index (χ0) is 27.0. The number of fused-ring (bicyclic) bond motifs is 1. The SMILES string of the molecule is CCc1ccc2c(c1)N(c1ccc(C)c(C)c1)C(=O)/C2=N\Nc1cccc(-c2cccc(C(=O)O)c2)c1O. The van der Waals surface area contributed by atoms with Crippen LogP contribution in [0.4, 0.5) is 17.1 Å². The van der Waals surface area contributed by atoms with E-state index in [1.807, 2.05) is 50.2 Å². The van der Waals surface area contributed by atoms with Crippen LogP contribution >= 0.6 is 0 Å². The molecule has 1 aliphatic heterocycles. The minimum Gasteiger partial charge on any atom is -0.505 e. The van der Waals surface area contributed by atoms with Gasteiger partial charge in [0.2, 0.25) is 0 Å². The summed E-state index contributed by atoms with van der Waals surface area (Å²) >= 11 is 0. The second kappa shape index (κ2) is 9.86. The van der Waals surface area contributed by atoms with Crippen molar-refractivity contribution < 1.29 is 19.8 Å². The highest BCUT2D eigenvalue weighted by Crippen LogP contribution is 2.39. The van der Waals surface area contributed by atoms with E-state index in [9.17, 15) is 19.8 Å². The number of aryl methyl sites for hydroxylation is 3. The summed E-state index contributed by atoms with van der Waals surface area (Å²) in [5.74, 6) is -1.42. The second-order valence-electron chi connectivity index (χ2n) is 9.27. The third-order valence-corrected chi connectivity index (χ3v) is 6.87. The average Bonchev–Trinajstić information content (AvgIpc) is 3.19. The summed E-state index contributed by atoms with van der Waals surface area (Å²) in [6, 6.07) is 23.2. The number of phenolic OH excluding ortho intramolecular Hbond substituents is 1. The van der Waals surface area contributed by atoms with Crippen LogP contribution in [0.25, 0.3) is 11.1 Å². The number of nitrogens with one attached hydrogen (secondary N) is 1. The normalized spacial score (nSPS) is 13.6. The minimum atomic E-state index is -1.05. The van der Waals surface area contributed by atoms with Crippen LogP contribution in [-0.4, -0.2) is 27.8 Å². The number of carbonyl (C=O) groups excluding carboxylic acids is 1. The summed E-state index contributed by atoms with van der Waals surface area (Å²) in [6.45, 7) is 6.11. The average molecular weight is 506 g/mol. The van der Waals surface area contributed by atoms with Crippen LogP contribution in [0.1, 0.15) is 39.5 Å². The van der Waals surface area contributed by atoms with Crippen molar-refractivity contribution in [3.63, 3.8) is 0 Å². The number of rotatable bonds is 6. The van der Waals surface area contributed by atoms with Crippen LogP contribution < -0.4 is 10.3 Å². The zero-order valence-electron chi connectivity index (χ0n) is 21.3. The Morgan fingerprint density at radius 3 is 2.45 bits per heavy atom. The monoisotopic (exact) mass is 505 g/mol. The van der Waals surface area contributed by atoms with Gasteiger partial charge in [-0.2, -0.15) is 5.10 Å². The molecule has 0 atom stereocenters. The van der Waals surface area contributed by atoms with Crippen molar-refractivity contribution in [3.8, 4) is 16.9 Å². The summed E-state index contributed by atoms with van der Waals surface area (Å²) < 4.78 is 0. The molecular weight excluding hydrogens is 478 g/mol. The Labute approximate surface area is 220 Å². The predicted octanol–water partition coefficient (Wildman–Crippen LogP) is 6.43. The van der Waals surface area contributed by atoms with E-state index in [1.54, 1.807) is 35.2 Å². The maximum atomic E-state index is 13.7. The number of carboxylic acid groups (broad SMARTS) is 1. The van der Waals surface area contributed by atoms with Crippen LogP contribution in [0.2, 0.25) is 0 Å². The molecule has 1 aliphatic rings. The molecule has 1 amide bonds. The lowest BCUT2D eigenvalue weighted by Gasteiger charge is -2.18. The van der Waals surface area contributed by atoms with E-state index in [0.717, 1.165) is 34.5 Å². The molecule has 0 aliphatic carbocycles. The first-order chi connectivity index (χ1) is 18.3. The third-order valence-electron chi connectivity index (χ3n) is 6.87. The van der Waals surface area contributed by atoms with Crippen molar-refractivity contribution in [2.24, 2.45) is 5.10 Å². The molecular formula is C31H27N3O4. The molecule has 0 spiro atoms. The fraction of sp³-hybridized carbons (Fsp3) is 0.129. The van der Waals surface area contributed by atoms with E-state index in [2.05, 4.69) is 17.5 Å². The quantitative estimate of drug-likeness (QED) is 0.207. The molecule has 0 fully saturated rings. The van der Waals surface area contributed by atoms with Gasteiger partial charge < -0.3 is 10.2 Å². The number of anilines is 3. The Hall–Kier alpha value is -4.91. The van der Waals surface area contributed by atoms with Gasteiger partial charge in [-0.1, -0.05) is 49.4 Å². The van der Waals surface area contributed by atoms with Gasteiger partial charge in [-0.3, -0.25) is 15.1 Å². The highest BCUT2D eigenvalue weighted by Gasteiger charge is 2.35. The molecule has 5 rings (SSSR count). The molecule has 0 saturated heterocycles. The van der Waals surface area contributed by atoms with Crippen LogP contribution in [0.15, 0.2) is 84.0 Å². The van der Waals surface area contributed by atoms with Crippen LogP contribution in [0.5, 0.6) is 5.75 Å². The van der Waals surface area contributed by atoms with Crippen molar-refractivity contribution in [2.45, 2.75) is 27.2 Å². The molecule has 0 radical (unpaired) electrons. The Bertz CT molecular complexity index is 1620. The van der Waals surface area contributed by atoms with E-state index in [0.29, 0.717) is 22.4 Å². The summed E-state index contributed by atoms with van der Waals surface area (Å²) in [4.78, 5) is 26.8. The molecule has 7 nitrogen and oxygen atoms in total. The molecule has 4 aromatic carbocycles. The lowest BCUT2D eigenvalue weighted by Crippen LogP contribution is -2.26. The Kier molecular flexibility index (Phi) is 6.43. The first-order valence-electron chi connectivity index (χ1n) is 12.3. The smallest absolute Gasteiger partial charge is 0.335 e. The van der Waals surface area contributed by atoms with Gasteiger partial charge in [-0.05, 0) is 78.9 Å². The van der Waals surface area contributed by atoms with Crippen LogP contribution in [-0.2, 0) is 11.2 Å². The highest BCUT2D eigenvalue weighted by molar-refractivity contribution is 6.55. The van der Waals surface area contributed by atoms with Crippen molar-refractivity contribution in [3.05, 3.63) is 107 Å². The molecule has 0 saturated carbocycles. The number of phenols is 1. The Balaban J connectivity index is 1.54. The van der Waals surface area contributed by atoms with E-state index in [1.165, 1.54) is 12.1 Å². The van der Waals surface area contributed by atoms with Crippen LogP contribution in [0, 0.1) is 13.8 Å². The molecule has 0 aromatic heterocycles. The fourth-order valence-electron chi connectivity index (χ4n) is 4.54. The van der Waals surface area contributed by atoms with Gasteiger partial charge in [0.05, 0.1) is 16.9 Å². The third kappa shape index (κ3) is 4.39. The predicted molar refractivity (Wildman–Crippen MR) is 150 cm³/mol. The number of carbonyl (C=O) groups is 2. The molecule has 190 valence electrons. The zero-order valence-corrected chi connectivity index (χ0v) is 21.3. The van der Waals surface area contributed by atoms with Gasteiger partial charge >= 0.3 is 5.97 Å². The van der Waals surface area contributed by atoms with Crippen molar-refractivity contribution in [2.75, 3.05) is 10.3 Å². The summed E-state index contributed by atoms with van der Waals surface area (Å²) in [7, 11) is 0. The van der Waals surface area contributed by atoms with Gasteiger partial charge in [-0.25, -0.2) is 4.79 Å². The summed E-state index contributed by atoms with van der Waals surface area (Å²) in [5, 5.41) is 24.8. The van der Waals surface area contributed by atoms with Crippen molar-refractivity contribution in [1.29, 1.82) is 0 Å². The Morgan fingerprint density at radius 2 is 1.71 bits per heavy atom. The number of carboxylic acids is 1. The minimum absolute atomic E-state index is 0.0996. The molecule has 1 heterocycles. The molecule has 7 heteroatoms. The van der Waals surface area contributed by atoms with Gasteiger partial charge in [-0.15, -0.1) is 0 Å². The van der Waals surface area contributed by atoms with Gasteiger partial charge in [0.1, 0.15) is 5.75 Å². The number of nitrogens with zero attached hydrogens (tertiary/aromatic N) is 2. The maximum absolute atomic E-state index is 13.7. The molecule has 0 bridgehead atoms. The topological polar surface area (TPSA) is 102 Å². The first kappa shape index (κ1) is 24.8. The van der Waals surface area contributed by atoms with Gasteiger partial charge in [0.25, 0.3) is 5.91 Å². The van der Waals surface area contributed by atoms with Crippen molar-refractivity contribution in [1.82, 2.24) is 0 Å². The molecule has 0 unspecified atom stereocenters. The summed E-state index contributed by atoms with van der Waals surface area (Å²) in [6.07, 6.45) is 0.830. The fourth-order valence-corrected chi connectivity index (χ4v) is 4.54. The lowest BCUT2D eigenvalue weighted by molar-refractivity contribution is -0.111. The van der Waals surface area contributed by atoms with E-state index in [-0.39, 0.29) is 22.9 Å². The number of aromatic carboxylic acids is 1.